The first-order valence-electron chi connectivity index (χ1n) is 7.57. The Morgan fingerprint density at radius 3 is 3.10 bits per heavy atom. The summed E-state index contributed by atoms with van der Waals surface area (Å²) in [6, 6.07) is 2.16. The number of halogens is 1. The van der Waals surface area contributed by atoms with Crippen molar-refractivity contribution >= 4 is 39.0 Å². The average molecular weight is 326 g/mol. The Morgan fingerprint density at radius 2 is 2.33 bits per heavy atom. The lowest BCUT2D eigenvalue weighted by Crippen LogP contribution is -2.22. The number of fused-ring (bicyclic) bond motifs is 1. The highest BCUT2D eigenvalue weighted by Gasteiger charge is 2.14. The number of thiophene rings is 1. The molecule has 0 aromatic carbocycles. The van der Waals surface area contributed by atoms with Gasteiger partial charge in [0.1, 0.15) is 10.6 Å². The molecule has 0 radical (unpaired) electrons. The third-order valence-corrected chi connectivity index (χ3v) is 5.14. The fourth-order valence-electron chi connectivity index (χ4n) is 2.64. The molecule has 0 saturated carbocycles. The predicted molar refractivity (Wildman–Crippen MR) is 88.5 cm³/mol. The van der Waals surface area contributed by atoms with E-state index in [0.717, 1.165) is 42.0 Å². The summed E-state index contributed by atoms with van der Waals surface area (Å²) in [6.07, 6.45) is 6.04. The molecule has 1 aliphatic heterocycles. The average Bonchev–Trinajstić information content (AvgIpc) is 2.91. The maximum Gasteiger partial charge on any atom is 0.225 e. The summed E-state index contributed by atoms with van der Waals surface area (Å²) < 4.78 is 5.75. The van der Waals surface area contributed by atoms with E-state index in [1.165, 1.54) is 24.1 Å². The standard InChI is InChI=1S/C15H20ClN3OS/c1-2-11-9-12-13(18-15(16)19-14(12)21-11)17-7-6-10-5-3-4-8-20-10/h9-10H,2-8H2,1H3,(H,17,18,19). The molecule has 2 aromatic heterocycles. The molecule has 1 atom stereocenters. The maximum absolute atomic E-state index is 6.02. The second-order valence-corrected chi connectivity index (χ2v) is 6.78. The number of rotatable bonds is 5. The normalized spacial score (nSPS) is 19.0. The molecule has 0 aliphatic carbocycles. The lowest BCUT2D eigenvalue weighted by molar-refractivity contribution is 0.0134. The third kappa shape index (κ3) is 3.65. The largest absolute Gasteiger partial charge is 0.378 e. The van der Waals surface area contributed by atoms with Crippen molar-refractivity contribution in [2.45, 2.75) is 45.1 Å². The molecule has 3 heterocycles. The van der Waals surface area contributed by atoms with Crippen molar-refractivity contribution in [2.75, 3.05) is 18.5 Å². The van der Waals surface area contributed by atoms with Crippen LogP contribution in [-0.4, -0.2) is 29.2 Å². The van der Waals surface area contributed by atoms with Crippen LogP contribution in [0.15, 0.2) is 6.07 Å². The van der Waals surface area contributed by atoms with Crippen molar-refractivity contribution in [1.29, 1.82) is 0 Å². The van der Waals surface area contributed by atoms with Gasteiger partial charge in [-0.25, -0.2) is 9.97 Å². The van der Waals surface area contributed by atoms with Crippen LogP contribution in [0.25, 0.3) is 10.2 Å². The molecule has 114 valence electrons. The zero-order chi connectivity index (χ0) is 14.7. The minimum Gasteiger partial charge on any atom is -0.378 e. The summed E-state index contributed by atoms with van der Waals surface area (Å²) in [7, 11) is 0. The number of anilines is 1. The van der Waals surface area contributed by atoms with Crippen LogP contribution >= 0.6 is 22.9 Å². The van der Waals surface area contributed by atoms with Gasteiger partial charge in [-0.05, 0) is 49.8 Å². The van der Waals surface area contributed by atoms with E-state index in [9.17, 15) is 0 Å². The lowest BCUT2D eigenvalue weighted by atomic mass is 10.1. The number of ether oxygens (including phenoxy) is 1. The second-order valence-electron chi connectivity index (χ2n) is 5.33. The summed E-state index contributed by atoms with van der Waals surface area (Å²) in [5.74, 6) is 0.844. The molecule has 1 N–H and O–H groups in total. The summed E-state index contributed by atoms with van der Waals surface area (Å²) in [6.45, 7) is 3.90. The fourth-order valence-corrected chi connectivity index (χ4v) is 3.83. The van der Waals surface area contributed by atoms with Crippen LogP contribution in [-0.2, 0) is 11.2 Å². The van der Waals surface area contributed by atoms with Gasteiger partial charge in [-0.2, -0.15) is 0 Å². The molecule has 0 amide bonds. The van der Waals surface area contributed by atoms with Crippen molar-refractivity contribution in [1.82, 2.24) is 9.97 Å². The Kier molecular flexibility index (Phi) is 4.93. The summed E-state index contributed by atoms with van der Waals surface area (Å²) >= 11 is 7.71. The van der Waals surface area contributed by atoms with Crippen molar-refractivity contribution in [3.63, 3.8) is 0 Å². The summed E-state index contributed by atoms with van der Waals surface area (Å²) in [5, 5.41) is 4.79. The first kappa shape index (κ1) is 15.0. The Labute approximate surface area is 133 Å². The van der Waals surface area contributed by atoms with Gasteiger partial charge in [-0.15, -0.1) is 11.3 Å². The van der Waals surface area contributed by atoms with Gasteiger partial charge < -0.3 is 10.1 Å². The number of hydrogen-bond donors (Lipinski definition) is 1. The first-order chi connectivity index (χ1) is 10.3. The van der Waals surface area contributed by atoms with E-state index in [0.29, 0.717) is 11.4 Å². The van der Waals surface area contributed by atoms with E-state index in [1.54, 1.807) is 11.3 Å². The highest BCUT2D eigenvalue weighted by molar-refractivity contribution is 7.18. The Balaban J connectivity index is 1.69. The van der Waals surface area contributed by atoms with Gasteiger partial charge in [-0.1, -0.05) is 6.92 Å². The van der Waals surface area contributed by atoms with Crippen molar-refractivity contribution in [2.24, 2.45) is 0 Å². The first-order valence-corrected chi connectivity index (χ1v) is 8.77. The van der Waals surface area contributed by atoms with E-state index in [4.69, 9.17) is 16.3 Å². The number of nitrogens with zero attached hydrogens (tertiary/aromatic N) is 2. The van der Waals surface area contributed by atoms with E-state index in [1.807, 2.05) is 0 Å². The molecule has 1 fully saturated rings. The molecule has 6 heteroatoms. The van der Waals surface area contributed by atoms with Crippen LogP contribution in [0.4, 0.5) is 5.82 Å². The van der Waals surface area contributed by atoms with E-state index >= 15 is 0 Å². The molecule has 3 rings (SSSR count). The van der Waals surface area contributed by atoms with E-state index in [-0.39, 0.29) is 0 Å². The lowest BCUT2D eigenvalue weighted by Gasteiger charge is -2.22. The topological polar surface area (TPSA) is 47.0 Å². The molecule has 0 bridgehead atoms. The molecule has 4 nitrogen and oxygen atoms in total. The molecule has 1 unspecified atom stereocenters. The van der Waals surface area contributed by atoms with Gasteiger partial charge in [0.2, 0.25) is 5.28 Å². The van der Waals surface area contributed by atoms with Gasteiger partial charge in [0.05, 0.1) is 11.5 Å². The van der Waals surface area contributed by atoms with E-state index < -0.39 is 0 Å². The summed E-state index contributed by atoms with van der Waals surface area (Å²) in [4.78, 5) is 10.9. The molecular weight excluding hydrogens is 306 g/mol. The zero-order valence-electron chi connectivity index (χ0n) is 12.2. The molecule has 21 heavy (non-hydrogen) atoms. The van der Waals surface area contributed by atoms with Crippen LogP contribution in [0, 0.1) is 0 Å². The van der Waals surface area contributed by atoms with Crippen molar-refractivity contribution in [3.8, 4) is 0 Å². The molecular formula is C15H20ClN3OS. The minimum atomic E-state index is 0.309. The molecule has 1 aliphatic rings. The number of aryl methyl sites for hydroxylation is 1. The van der Waals surface area contributed by atoms with Crippen LogP contribution in [0.5, 0.6) is 0 Å². The SMILES string of the molecule is CCc1cc2c(NCCC3CCCCO3)nc(Cl)nc2s1. The van der Waals surface area contributed by atoms with Crippen LogP contribution in [0.2, 0.25) is 5.28 Å². The Morgan fingerprint density at radius 1 is 1.43 bits per heavy atom. The fraction of sp³-hybridized carbons (Fsp3) is 0.600. The van der Waals surface area contributed by atoms with Crippen LogP contribution < -0.4 is 5.32 Å². The van der Waals surface area contributed by atoms with Gasteiger partial charge in [0, 0.05) is 18.0 Å². The zero-order valence-corrected chi connectivity index (χ0v) is 13.8. The quantitative estimate of drug-likeness (QED) is 0.833. The van der Waals surface area contributed by atoms with Gasteiger partial charge >= 0.3 is 0 Å². The second kappa shape index (κ2) is 6.90. The van der Waals surface area contributed by atoms with Crippen LogP contribution in [0.1, 0.15) is 37.5 Å². The maximum atomic E-state index is 6.02. The Hall–Kier alpha value is -0.910. The number of nitrogens with one attached hydrogen (secondary N) is 1. The van der Waals surface area contributed by atoms with Crippen molar-refractivity contribution < 1.29 is 4.74 Å². The third-order valence-electron chi connectivity index (χ3n) is 3.80. The minimum absolute atomic E-state index is 0.309. The smallest absolute Gasteiger partial charge is 0.225 e. The van der Waals surface area contributed by atoms with E-state index in [2.05, 4.69) is 28.3 Å². The molecule has 1 saturated heterocycles. The molecule has 2 aromatic rings. The number of hydrogen-bond acceptors (Lipinski definition) is 5. The van der Waals surface area contributed by atoms with Gasteiger partial charge in [-0.3, -0.25) is 0 Å². The van der Waals surface area contributed by atoms with Crippen LogP contribution in [0.3, 0.4) is 0 Å². The molecule has 0 spiro atoms. The van der Waals surface area contributed by atoms with Gasteiger partial charge in [0.15, 0.2) is 0 Å². The van der Waals surface area contributed by atoms with Crippen molar-refractivity contribution in [3.05, 3.63) is 16.2 Å². The Bertz CT molecular complexity index is 610. The highest BCUT2D eigenvalue weighted by atomic mass is 35.5. The number of aromatic nitrogens is 2. The highest BCUT2D eigenvalue weighted by Crippen LogP contribution is 2.30. The predicted octanol–water partition coefficient (Wildman–Crippen LogP) is 4.28. The van der Waals surface area contributed by atoms with Gasteiger partial charge in [0.25, 0.3) is 0 Å². The summed E-state index contributed by atoms with van der Waals surface area (Å²) in [5.41, 5.74) is 0. The monoisotopic (exact) mass is 325 g/mol.